The Morgan fingerprint density at radius 2 is 1.72 bits per heavy atom. The van der Waals surface area contributed by atoms with E-state index in [1.807, 2.05) is 0 Å². The Morgan fingerprint density at radius 3 is 2.17 bits per heavy atom. The molecular formula is C15H28BrNO. The average Bonchev–Trinajstić information content (AvgIpc) is 2.39. The number of halogens is 1. The summed E-state index contributed by atoms with van der Waals surface area (Å²) in [5.74, 6) is 0.512. The molecular weight excluding hydrogens is 290 g/mol. The SMILES string of the molecule is CCCC(CCC)C(=O)NC1(CBr)CCCCC1. The van der Waals surface area contributed by atoms with E-state index in [4.69, 9.17) is 0 Å². The summed E-state index contributed by atoms with van der Waals surface area (Å²) in [6, 6.07) is 0. The third kappa shape index (κ3) is 4.56. The van der Waals surface area contributed by atoms with E-state index < -0.39 is 0 Å². The smallest absolute Gasteiger partial charge is 0.223 e. The van der Waals surface area contributed by atoms with Gasteiger partial charge in [0.05, 0.1) is 0 Å². The average molecular weight is 318 g/mol. The van der Waals surface area contributed by atoms with Crippen molar-refractivity contribution >= 4 is 21.8 Å². The van der Waals surface area contributed by atoms with E-state index in [2.05, 4.69) is 35.1 Å². The van der Waals surface area contributed by atoms with Crippen LogP contribution in [0, 0.1) is 5.92 Å². The lowest BCUT2D eigenvalue weighted by atomic mass is 9.82. The molecule has 1 fully saturated rings. The van der Waals surface area contributed by atoms with Crippen LogP contribution in [0.25, 0.3) is 0 Å². The molecule has 3 heteroatoms. The van der Waals surface area contributed by atoms with Crippen molar-refractivity contribution in [3.63, 3.8) is 0 Å². The summed E-state index contributed by atoms with van der Waals surface area (Å²) in [4.78, 5) is 12.4. The van der Waals surface area contributed by atoms with Gasteiger partial charge in [-0.05, 0) is 25.7 Å². The lowest BCUT2D eigenvalue weighted by Crippen LogP contribution is -2.52. The normalized spacial score (nSPS) is 18.9. The molecule has 1 N–H and O–H groups in total. The van der Waals surface area contributed by atoms with Crippen LogP contribution in [0.15, 0.2) is 0 Å². The van der Waals surface area contributed by atoms with Crippen LogP contribution >= 0.6 is 15.9 Å². The molecule has 1 aliphatic carbocycles. The van der Waals surface area contributed by atoms with Gasteiger partial charge in [0.15, 0.2) is 0 Å². The molecule has 0 spiro atoms. The zero-order valence-corrected chi connectivity index (χ0v) is 13.5. The minimum atomic E-state index is 0.0368. The first-order chi connectivity index (χ1) is 8.67. The molecule has 0 bridgehead atoms. The first-order valence-electron chi connectivity index (χ1n) is 7.55. The van der Waals surface area contributed by atoms with Crippen molar-refractivity contribution in [1.29, 1.82) is 0 Å². The van der Waals surface area contributed by atoms with E-state index in [0.717, 1.165) is 43.9 Å². The molecule has 106 valence electrons. The zero-order valence-electron chi connectivity index (χ0n) is 11.9. The molecule has 0 aliphatic heterocycles. The standard InChI is InChI=1S/C15H28BrNO/c1-3-8-13(9-4-2)14(18)17-15(12-16)10-6-5-7-11-15/h13H,3-12H2,1-2H3,(H,17,18). The highest BCUT2D eigenvalue weighted by Gasteiger charge is 2.33. The molecule has 0 aromatic rings. The highest BCUT2D eigenvalue weighted by molar-refractivity contribution is 9.09. The Labute approximate surface area is 120 Å². The fourth-order valence-electron chi connectivity index (χ4n) is 2.99. The molecule has 0 aromatic heterocycles. The van der Waals surface area contributed by atoms with Crippen LogP contribution in [0.1, 0.15) is 71.6 Å². The molecule has 18 heavy (non-hydrogen) atoms. The molecule has 1 aliphatic rings. The molecule has 0 atom stereocenters. The lowest BCUT2D eigenvalue weighted by Gasteiger charge is -2.37. The molecule has 0 saturated heterocycles. The summed E-state index contributed by atoms with van der Waals surface area (Å²) in [5, 5.41) is 4.27. The van der Waals surface area contributed by atoms with Crippen LogP contribution in [-0.4, -0.2) is 16.8 Å². The van der Waals surface area contributed by atoms with Gasteiger partial charge in [-0.25, -0.2) is 0 Å². The highest BCUT2D eigenvalue weighted by atomic mass is 79.9. The predicted molar refractivity (Wildman–Crippen MR) is 81.1 cm³/mol. The monoisotopic (exact) mass is 317 g/mol. The first kappa shape index (κ1) is 16.0. The van der Waals surface area contributed by atoms with Crippen molar-refractivity contribution in [2.24, 2.45) is 5.92 Å². The van der Waals surface area contributed by atoms with Crippen LogP contribution < -0.4 is 5.32 Å². The van der Waals surface area contributed by atoms with E-state index in [1.165, 1.54) is 19.3 Å². The van der Waals surface area contributed by atoms with Crippen LogP contribution in [0.2, 0.25) is 0 Å². The van der Waals surface area contributed by atoms with Gasteiger partial charge in [-0.15, -0.1) is 0 Å². The van der Waals surface area contributed by atoms with Gasteiger partial charge in [0.25, 0.3) is 0 Å². The van der Waals surface area contributed by atoms with Gasteiger partial charge in [0, 0.05) is 16.8 Å². The number of nitrogens with one attached hydrogen (secondary N) is 1. The summed E-state index contributed by atoms with van der Waals surface area (Å²) in [6.45, 7) is 4.33. The summed E-state index contributed by atoms with van der Waals surface area (Å²) in [7, 11) is 0. The fraction of sp³-hybridized carbons (Fsp3) is 0.933. The number of hydrogen-bond donors (Lipinski definition) is 1. The van der Waals surface area contributed by atoms with Crippen molar-refractivity contribution in [3.8, 4) is 0 Å². The van der Waals surface area contributed by atoms with Gasteiger partial charge >= 0.3 is 0 Å². The quantitative estimate of drug-likeness (QED) is 0.692. The van der Waals surface area contributed by atoms with Crippen molar-refractivity contribution < 1.29 is 4.79 Å². The zero-order chi connectivity index (χ0) is 13.4. The molecule has 1 amide bonds. The molecule has 0 radical (unpaired) electrons. The molecule has 0 aromatic carbocycles. The Balaban J connectivity index is 2.58. The largest absolute Gasteiger partial charge is 0.350 e. The van der Waals surface area contributed by atoms with Crippen LogP contribution in [0.4, 0.5) is 0 Å². The molecule has 0 heterocycles. The third-order valence-corrected chi connectivity index (χ3v) is 5.17. The topological polar surface area (TPSA) is 29.1 Å². The van der Waals surface area contributed by atoms with Crippen molar-refractivity contribution in [1.82, 2.24) is 5.32 Å². The highest BCUT2D eigenvalue weighted by Crippen LogP contribution is 2.30. The van der Waals surface area contributed by atoms with E-state index in [0.29, 0.717) is 5.91 Å². The van der Waals surface area contributed by atoms with E-state index in [9.17, 15) is 4.79 Å². The van der Waals surface area contributed by atoms with Crippen molar-refractivity contribution in [3.05, 3.63) is 0 Å². The Morgan fingerprint density at radius 1 is 1.17 bits per heavy atom. The second kappa shape index (κ2) is 8.19. The predicted octanol–water partition coefficient (Wildman–Crippen LogP) is 4.42. The van der Waals surface area contributed by atoms with Gasteiger partial charge in [-0.3, -0.25) is 4.79 Å². The van der Waals surface area contributed by atoms with Gasteiger partial charge in [0.1, 0.15) is 0 Å². The molecule has 1 rings (SSSR count). The maximum Gasteiger partial charge on any atom is 0.223 e. The van der Waals surface area contributed by atoms with Crippen LogP contribution in [-0.2, 0) is 4.79 Å². The Hall–Kier alpha value is -0.0500. The minimum absolute atomic E-state index is 0.0368. The van der Waals surface area contributed by atoms with E-state index in [-0.39, 0.29) is 11.5 Å². The van der Waals surface area contributed by atoms with E-state index in [1.54, 1.807) is 0 Å². The van der Waals surface area contributed by atoms with Crippen molar-refractivity contribution in [2.45, 2.75) is 77.2 Å². The molecule has 0 unspecified atom stereocenters. The number of hydrogen-bond acceptors (Lipinski definition) is 1. The fourth-order valence-corrected chi connectivity index (χ4v) is 3.69. The summed E-state index contributed by atoms with van der Waals surface area (Å²) in [5.41, 5.74) is 0.0368. The molecule has 2 nitrogen and oxygen atoms in total. The Kier molecular flexibility index (Phi) is 7.28. The Bertz CT molecular complexity index is 243. The second-order valence-corrected chi connectivity index (χ2v) is 6.30. The van der Waals surface area contributed by atoms with Crippen molar-refractivity contribution in [2.75, 3.05) is 5.33 Å². The van der Waals surface area contributed by atoms with Crippen LogP contribution in [0.5, 0.6) is 0 Å². The number of alkyl halides is 1. The second-order valence-electron chi connectivity index (χ2n) is 5.74. The number of carbonyl (C=O) groups excluding carboxylic acids is 1. The maximum absolute atomic E-state index is 12.4. The van der Waals surface area contributed by atoms with Crippen LogP contribution in [0.3, 0.4) is 0 Å². The van der Waals surface area contributed by atoms with Gasteiger partial charge in [0.2, 0.25) is 5.91 Å². The summed E-state index contributed by atoms with van der Waals surface area (Å²) < 4.78 is 0. The minimum Gasteiger partial charge on any atom is -0.350 e. The first-order valence-corrected chi connectivity index (χ1v) is 8.67. The maximum atomic E-state index is 12.4. The van der Waals surface area contributed by atoms with Gasteiger partial charge in [-0.2, -0.15) is 0 Å². The third-order valence-electron chi connectivity index (χ3n) is 4.10. The van der Waals surface area contributed by atoms with E-state index >= 15 is 0 Å². The number of rotatable bonds is 7. The number of carbonyl (C=O) groups is 1. The number of amides is 1. The lowest BCUT2D eigenvalue weighted by molar-refractivity contribution is -0.127. The van der Waals surface area contributed by atoms with Gasteiger partial charge in [-0.1, -0.05) is 61.9 Å². The molecule has 1 saturated carbocycles. The van der Waals surface area contributed by atoms with Gasteiger partial charge < -0.3 is 5.32 Å². The summed E-state index contributed by atoms with van der Waals surface area (Å²) in [6.07, 6.45) is 10.3. The summed E-state index contributed by atoms with van der Waals surface area (Å²) >= 11 is 3.61.